The molecule has 1 N–H and O–H groups in total. The first-order valence-electron chi connectivity index (χ1n) is 7.52. The third-order valence-electron chi connectivity index (χ3n) is 4.93. The average molecular weight is 297 g/mol. The highest BCUT2D eigenvalue weighted by Crippen LogP contribution is 2.44. The van der Waals surface area contributed by atoms with Crippen molar-refractivity contribution in [2.75, 3.05) is 13.8 Å². The Morgan fingerprint density at radius 3 is 2.77 bits per heavy atom. The number of aliphatic hydroxyl groups is 1. The van der Waals surface area contributed by atoms with E-state index in [1.807, 2.05) is 43.4 Å². The minimum Gasteiger partial charge on any atom is -0.454 e. The van der Waals surface area contributed by atoms with Crippen LogP contribution in [0.3, 0.4) is 0 Å². The molecule has 2 aromatic rings. The minimum absolute atomic E-state index is 0.0391. The van der Waals surface area contributed by atoms with Gasteiger partial charge in [0.15, 0.2) is 11.5 Å². The highest BCUT2D eigenvalue weighted by Gasteiger charge is 2.44. The lowest BCUT2D eigenvalue weighted by Gasteiger charge is -2.45. The molecule has 114 valence electrons. The van der Waals surface area contributed by atoms with Crippen molar-refractivity contribution in [2.45, 2.75) is 25.1 Å². The van der Waals surface area contributed by atoms with Crippen LogP contribution >= 0.6 is 0 Å². The van der Waals surface area contributed by atoms with Gasteiger partial charge in [0.2, 0.25) is 6.79 Å². The fraction of sp³-hybridized carbons (Fsp3) is 0.333. The van der Waals surface area contributed by atoms with E-state index in [-0.39, 0.29) is 12.8 Å². The molecule has 2 heterocycles. The topological polar surface area (TPSA) is 41.9 Å². The summed E-state index contributed by atoms with van der Waals surface area (Å²) in [4.78, 5) is 2.17. The van der Waals surface area contributed by atoms with E-state index in [4.69, 9.17) is 9.47 Å². The number of benzene rings is 2. The van der Waals surface area contributed by atoms with E-state index in [0.717, 1.165) is 29.0 Å². The van der Waals surface area contributed by atoms with Crippen LogP contribution in [-0.2, 0) is 12.1 Å². The van der Waals surface area contributed by atoms with Gasteiger partial charge < -0.3 is 14.6 Å². The van der Waals surface area contributed by atoms with Gasteiger partial charge in [0.1, 0.15) is 5.60 Å². The summed E-state index contributed by atoms with van der Waals surface area (Å²) in [5.74, 6) is 1.43. The molecule has 0 fully saturated rings. The Kier molecular flexibility index (Phi) is 2.93. The molecule has 2 unspecified atom stereocenters. The van der Waals surface area contributed by atoms with Gasteiger partial charge in [0.25, 0.3) is 0 Å². The van der Waals surface area contributed by atoms with Gasteiger partial charge >= 0.3 is 0 Å². The maximum atomic E-state index is 11.6. The average Bonchev–Trinajstić information content (AvgIpc) is 3.00. The van der Waals surface area contributed by atoms with E-state index >= 15 is 0 Å². The lowest BCUT2D eigenvalue weighted by Crippen LogP contribution is -2.52. The summed E-state index contributed by atoms with van der Waals surface area (Å²) in [5.41, 5.74) is 1.90. The number of nitrogens with zero attached hydrogens (tertiary/aromatic N) is 1. The largest absolute Gasteiger partial charge is 0.454 e. The van der Waals surface area contributed by atoms with Crippen molar-refractivity contribution in [3.63, 3.8) is 0 Å². The summed E-state index contributed by atoms with van der Waals surface area (Å²) >= 11 is 0. The molecule has 2 aliphatic heterocycles. The minimum atomic E-state index is -1.06. The zero-order chi connectivity index (χ0) is 15.3. The quantitative estimate of drug-likeness (QED) is 0.878. The molecule has 2 atom stereocenters. The SMILES string of the molecule is CC1N(C)Cc2ccccc2C1(O)c1ccc2c(c1)OCO2. The number of rotatable bonds is 1. The van der Waals surface area contributed by atoms with E-state index in [1.165, 1.54) is 0 Å². The van der Waals surface area contributed by atoms with Crippen molar-refractivity contribution < 1.29 is 14.6 Å². The van der Waals surface area contributed by atoms with E-state index < -0.39 is 5.60 Å². The number of likely N-dealkylation sites (N-methyl/N-ethyl adjacent to an activating group) is 1. The van der Waals surface area contributed by atoms with Crippen molar-refractivity contribution in [2.24, 2.45) is 0 Å². The van der Waals surface area contributed by atoms with Gasteiger partial charge in [-0.2, -0.15) is 0 Å². The summed E-state index contributed by atoms with van der Waals surface area (Å²) in [6, 6.07) is 13.8. The zero-order valence-electron chi connectivity index (χ0n) is 12.7. The molecule has 0 bridgehead atoms. The van der Waals surface area contributed by atoms with Crippen molar-refractivity contribution in [1.82, 2.24) is 4.90 Å². The Hall–Kier alpha value is -2.04. The van der Waals surface area contributed by atoms with Crippen LogP contribution in [0.25, 0.3) is 0 Å². The number of ether oxygens (including phenoxy) is 2. The van der Waals surface area contributed by atoms with Gasteiger partial charge in [0, 0.05) is 12.6 Å². The van der Waals surface area contributed by atoms with Crippen LogP contribution in [-0.4, -0.2) is 29.9 Å². The maximum Gasteiger partial charge on any atom is 0.231 e. The van der Waals surface area contributed by atoms with Crippen LogP contribution in [0, 0.1) is 0 Å². The Bertz CT molecular complexity index is 730. The van der Waals surface area contributed by atoms with Gasteiger partial charge in [-0.15, -0.1) is 0 Å². The summed E-state index contributed by atoms with van der Waals surface area (Å²) < 4.78 is 10.9. The molecule has 22 heavy (non-hydrogen) atoms. The molecule has 0 aliphatic carbocycles. The Labute approximate surface area is 129 Å². The lowest BCUT2D eigenvalue weighted by atomic mass is 9.75. The number of fused-ring (bicyclic) bond motifs is 2. The highest BCUT2D eigenvalue weighted by molar-refractivity contribution is 5.51. The van der Waals surface area contributed by atoms with Gasteiger partial charge in [0.05, 0.1) is 0 Å². The molecule has 0 spiro atoms. The normalized spacial score (nSPS) is 26.8. The molecule has 0 radical (unpaired) electrons. The molecular formula is C18H19NO3. The van der Waals surface area contributed by atoms with Gasteiger partial charge in [-0.3, -0.25) is 4.90 Å². The fourth-order valence-corrected chi connectivity index (χ4v) is 3.51. The van der Waals surface area contributed by atoms with Gasteiger partial charge in [-0.05, 0) is 42.8 Å². The van der Waals surface area contributed by atoms with Crippen molar-refractivity contribution in [3.05, 3.63) is 59.2 Å². The first-order chi connectivity index (χ1) is 10.6. The summed E-state index contributed by atoms with van der Waals surface area (Å²) in [6.07, 6.45) is 0. The van der Waals surface area contributed by atoms with Crippen LogP contribution in [0.5, 0.6) is 11.5 Å². The fourth-order valence-electron chi connectivity index (χ4n) is 3.51. The molecule has 2 aromatic carbocycles. The Morgan fingerprint density at radius 2 is 1.91 bits per heavy atom. The number of hydrogen-bond acceptors (Lipinski definition) is 4. The predicted octanol–water partition coefficient (Wildman–Crippen LogP) is 2.49. The monoisotopic (exact) mass is 297 g/mol. The molecule has 0 aromatic heterocycles. The Morgan fingerprint density at radius 1 is 1.14 bits per heavy atom. The molecular weight excluding hydrogens is 278 g/mol. The van der Waals surface area contributed by atoms with E-state index in [0.29, 0.717) is 5.75 Å². The lowest BCUT2D eigenvalue weighted by molar-refractivity contribution is -0.0200. The summed E-state index contributed by atoms with van der Waals surface area (Å²) in [7, 11) is 2.04. The second-order valence-corrected chi connectivity index (χ2v) is 6.08. The summed E-state index contributed by atoms with van der Waals surface area (Å²) in [6.45, 7) is 3.13. The molecule has 4 heteroatoms. The van der Waals surface area contributed by atoms with E-state index in [9.17, 15) is 5.11 Å². The highest BCUT2D eigenvalue weighted by atomic mass is 16.7. The van der Waals surface area contributed by atoms with Crippen LogP contribution in [0.4, 0.5) is 0 Å². The van der Waals surface area contributed by atoms with Crippen molar-refractivity contribution in [3.8, 4) is 11.5 Å². The predicted molar refractivity (Wildman–Crippen MR) is 82.9 cm³/mol. The number of hydrogen-bond donors (Lipinski definition) is 1. The zero-order valence-corrected chi connectivity index (χ0v) is 12.7. The van der Waals surface area contributed by atoms with Crippen molar-refractivity contribution >= 4 is 0 Å². The van der Waals surface area contributed by atoms with Crippen molar-refractivity contribution in [1.29, 1.82) is 0 Å². The third-order valence-corrected chi connectivity index (χ3v) is 4.93. The smallest absolute Gasteiger partial charge is 0.231 e. The maximum absolute atomic E-state index is 11.6. The Balaban J connectivity index is 1.91. The first-order valence-corrected chi connectivity index (χ1v) is 7.52. The van der Waals surface area contributed by atoms with Crippen LogP contribution in [0.2, 0.25) is 0 Å². The molecule has 2 aliphatic rings. The van der Waals surface area contributed by atoms with E-state index in [2.05, 4.69) is 17.9 Å². The second kappa shape index (κ2) is 4.73. The standard InChI is InChI=1S/C18H19NO3/c1-12-18(20,14-7-8-16-17(9-14)22-11-21-16)15-6-4-3-5-13(15)10-19(12)2/h3-9,12,20H,10-11H2,1-2H3. The molecule has 0 saturated carbocycles. The second-order valence-electron chi connectivity index (χ2n) is 6.08. The van der Waals surface area contributed by atoms with Crippen LogP contribution in [0.1, 0.15) is 23.6 Å². The molecule has 0 saturated heterocycles. The van der Waals surface area contributed by atoms with Crippen LogP contribution < -0.4 is 9.47 Å². The summed E-state index contributed by atoms with van der Waals surface area (Å²) in [5, 5.41) is 11.6. The van der Waals surface area contributed by atoms with Gasteiger partial charge in [-0.1, -0.05) is 30.3 Å². The molecule has 4 rings (SSSR count). The van der Waals surface area contributed by atoms with Gasteiger partial charge in [-0.25, -0.2) is 0 Å². The van der Waals surface area contributed by atoms with E-state index in [1.54, 1.807) is 0 Å². The first kappa shape index (κ1) is 13.6. The van der Waals surface area contributed by atoms with Crippen LogP contribution in [0.15, 0.2) is 42.5 Å². The molecule has 0 amide bonds. The third kappa shape index (κ3) is 1.77. The molecule has 4 nitrogen and oxygen atoms in total.